The molecular formula is C35H29ClN2O4S. The van der Waals surface area contributed by atoms with Crippen LogP contribution in [0.5, 0.6) is 5.75 Å². The van der Waals surface area contributed by atoms with E-state index in [1.807, 2.05) is 97.1 Å². The lowest BCUT2D eigenvalue weighted by Crippen LogP contribution is -2.40. The van der Waals surface area contributed by atoms with Gasteiger partial charge in [0.15, 0.2) is 4.80 Å². The molecule has 1 aliphatic rings. The molecule has 1 aliphatic heterocycles. The molecule has 5 aromatic rings. The van der Waals surface area contributed by atoms with E-state index in [0.29, 0.717) is 38.0 Å². The first-order chi connectivity index (χ1) is 20.8. The summed E-state index contributed by atoms with van der Waals surface area (Å²) in [6, 6.07) is 28.3. The quantitative estimate of drug-likeness (QED) is 0.196. The highest BCUT2D eigenvalue weighted by Crippen LogP contribution is 2.32. The number of fused-ring (bicyclic) bond motifs is 2. The molecule has 8 heteroatoms. The molecule has 1 unspecified atom stereocenters. The summed E-state index contributed by atoms with van der Waals surface area (Å²) >= 11 is 7.35. The van der Waals surface area contributed by atoms with Gasteiger partial charge in [0.1, 0.15) is 12.4 Å². The third-order valence-corrected chi connectivity index (χ3v) is 8.45. The van der Waals surface area contributed by atoms with Crippen LogP contribution >= 0.6 is 22.9 Å². The van der Waals surface area contributed by atoms with Gasteiger partial charge in [0, 0.05) is 10.6 Å². The molecule has 0 aliphatic carbocycles. The van der Waals surface area contributed by atoms with Gasteiger partial charge >= 0.3 is 5.97 Å². The van der Waals surface area contributed by atoms with Gasteiger partial charge in [-0.05, 0) is 66.9 Å². The zero-order chi connectivity index (χ0) is 30.1. The number of halogens is 1. The summed E-state index contributed by atoms with van der Waals surface area (Å²) in [6.45, 7) is 5.73. The number of hydrogen-bond donors (Lipinski definition) is 0. The molecular weight excluding hydrogens is 580 g/mol. The molecule has 43 heavy (non-hydrogen) atoms. The fraction of sp³-hybridized carbons (Fsp3) is 0.171. The van der Waals surface area contributed by atoms with Gasteiger partial charge in [-0.1, -0.05) is 95.7 Å². The van der Waals surface area contributed by atoms with Crippen molar-refractivity contribution in [3.63, 3.8) is 0 Å². The number of esters is 1. The van der Waals surface area contributed by atoms with Crippen molar-refractivity contribution in [2.24, 2.45) is 4.99 Å². The highest BCUT2D eigenvalue weighted by Gasteiger charge is 2.33. The van der Waals surface area contributed by atoms with Gasteiger partial charge in [0.05, 0.1) is 27.9 Å². The van der Waals surface area contributed by atoms with Crippen LogP contribution in [0.2, 0.25) is 5.02 Å². The van der Waals surface area contributed by atoms with Crippen LogP contribution < -0.4 is 19.6 Å². The molecule has 6 nitrogen and oxygen atoms in total. The lowest BCUT2D eigenvalue weighted by Gasteiger charge is -2.25. The zero-order valence-electron chi connectivity index (χ0n) is 23.9. The van der Waals surface area contributed by atoms with Crippen LogP contribution in [-0.2, 0) is 16.1 Å². The van der Waals surface area contributed by atoms with Crippen LogP contribution in [0.1, 0.15) is 43.5 Å². The minimum Gasteiger partial charge on any atom is -0.488 e. The summed E-state index contributed by atoms with van der Waals surface area (Å²) in [7, 11) is 0. The standard InChI is InChI=1S/C35H29ClN2O4S/c1-21(2)42-34(40)31-22(3)37-35-38(32(31)25-10-5-4-6-11-25)33(39)30(43-35)19-28-27-12-8-7-9-24(27)15-18-29(28)41-20-23-13-16-26(36)17-14-23/h4-19,21,32H,20H2,1-3H3. The van der Waals surface area contributed by atoms with Gasteiger partial charge in [-0.3, -0.25) is 9.36 Å². The number of nitrogens with zero attached hydrogens (tertiary/aromatic N) is 2. The van der Waals surface area contributed by atoms with E-state index < -0.39 is 12.0 Å². The summed E-state index contributed by atoms with van der Waals surface area (Å²) in [4.78, 5) is 32.8. The number of ether oxygens (including phenoxy) is 2. The first-order valence-corrected chi connectivity index (χ1v) is 15.2. The third-order valence-electron chi connectivity index (χ3n) is 7.21. The minimum absolute atomic E-state index is 0.239. The molecule has 0 amide bonds. The molecule has 216 valence electrons. The van der Waals surface area contributed by atoms with Gasteiger partial charge < -0.3 is 9.47 Å². The van der Waals surface area contributed by atoms with E-state index in [1.165, 1.54) is 11.3 Å². The number of carbonyl (C=O) groups excluding carboxylic acids is 1. The summed E-state index contributed by atoms with van der Waals surface area (Å²) in [5, 5.41) is 2.64. The number of hydrogen-bond acceptors (Lipinski definition) is 6. The van der Waals surface area contributed by atoms with Gasteiger partial charge in [0.2, 0.25) is 0 Å². The van der Waals surface area contributed by atoms with Gasteiger partial charge in [-0.15, -0.1) is 0 Å². The molecule has 0 saturated carbocycles. The summed E-state index contributed by atoms with van der Waals surface area (Å²) in [5.41, 5.74) is 3.22. The molecule has 4 aromatic carbocycles. The van der Waals surface area contributed by atoms with E-state index >= 15 is 0 Å². The first kappa shape index (κ1) is 28.6. The van der Waals surface area contributed by atoms with Crippen LogP contribution in [0.25, 0.3) is 16.8 Å². The van der Waals surface area contributed by atoms with E-state index in [2.05, 4.69) is 0 Å². The average molecular weight is 609 g/mol. The van der Waals surface area contributed by atoms with Crippen molar-refractivity contribution in [2.45, 2.75) is 39.5 Å². The molecule has 2 heterocycles. The highest BCUT2D eigenvalue weighted by molar-refractivity contribution is 7.07. The molecule has 0 spiro atoms. The van der Waals surface area contributed by atoms with Crippen molar-refractivity contribution < 1.29 is 14.3 Å². The Balaban J connectivity index is 1.51. The summed E-state index contributed by atoms with van der Waals surface area (Å²) < 4.78 is 14.0. The van der Waals surface area contributed by atoms with Crippen LogP contribution in [0, 0.1) is 0 Å². The number of rotatable bonds is 7. The predicted molar refractivity (Wildman–Crippen MR) is 171 cm³/mol. The Labute approximate surface area is 257 Å². The van der Waals surface area contributed by atoms with Gasteiger partial charge in [-0.25, -0.2) is 9.79 Å². The maximum atomic E-state index is 14.2. The molecule has 6 rings (SSSR count). The number of thiazole rings is 1. The maximum absolute atomic E-state index is 14.2. The largest absolute Gasteiger partial charge is 0.488 e. The molecule has 1 atom stereocenters. The SMILES string of the molecule is CC1=C(C(=O)OC(C)C)C(c2ccccc2)n2c(sc(=Cc3c(OCc4ccc(Cl)cc4)ccc4ccccc34)c2=O)=N1. The lowest BCUT2D eigenvalue weighted by atomic mass is 9.96. The number of allylic oxidation sites excluding steroid dienone is 1. The van der Waals surface area contributed by atoms with Crippen molar-refractivity contribution in [3.8, 4) is 5.75 Å². The third kappa shape index (κ3) is 5.78. The zero-order valence-corrected chi connectivity index (χ0v) is 25.5. The monoisotopic (exact) mass is 608 g/mol. The highest BCUT2D eigenvalue weighted by atomic mass is 35.5. The Kier molecular flexibility index (Phi) is 8.02. The second-order valence-corrected chi connectivity index (χ2v) is 12.0. The Morgan fingerprint density at radius 2 is 1.72 bits per heavy atom. The molecule has 0 fully saturated rings. The van der Waals surface area contributed by atoms with E-state index in [0.717, 1.165) is 27.5 Å². The van der Waals surface area contributed by atoms with E-state index in [4.69, 9.17) is 26.1 Å². The Morgan fingerprint density at radius 3 is 2.47 bits per heavy atom. The molecule has 0 N–H and O–H groups in total. The predicted octanol–water partition coefficient (Wildman–Crippen LogP) is 6.57. The second kappa shape index (κ2) is 12.0. The van der Waals surface area contributed by atoms with E-state index in [9.17, 15) is 9.59 Å². The molecule has 0 saturated heterocycles. The van der Waals surface area contributed by atoms with Gasteiger partial charge in [-0.2, -0.15) is 0 Å². The Bertz CT molecular complexity index is 2040. The average Bonchev–Trinajstić information content (AvgIpc) is 3.30. The number of benzene rings is 4. The van der Waals surface area contributed by atoms with E-state index in [1.54, 1.807) is 25.3 Å². The van der Waals surface area contributed by atoms with Crippen LogP contribution in [-0.4, -0.2) is 16.6 Å². The van der Waals surface area contributed by atoms with Crippen LogP contribution in [0.4, 0.5) is 0 Å². The van der Waals surface area contributed by atoms with Crippen molar-refractivity contribution in [1.82, 2.24) is 4.57 Å². The van der Waals surface area contributed by atoms with Gasteiger partial charge in [0.25, 0.3) is 5.56 Å². The first-order valence-electron chi connectivity index (χ1n) is 14.0. The fourth-order valence-electron chi connectivity index (χ4n) is 5.23. The van der Waals surface area contributed by atoms with Crippen molar-refractivity contribution in [2.75, 3.05) is 0 Å². The van der Waals surface area contributed by atoms with Crippen molar-refractivity contribution in [1.29, 1.82) is 0 Å². The Hall–Kier alpha value is -4.46. The Morgan fingerprint density at radius 1 is 1.00 bits per heavy atom. The van der Waals surface area contributed by atoms with Crippen LogP contribution in [0.3, 0.4) is 0 Å². The van der Waals surface area contributed by atoms with Crippen molar-refractivity contribution in [3.05, 3.63) is 144 Å². The smallest absolute Gasteiger partial charge is 0.338 e. The summed E-state index contributed by atoms with van der Waals surface area (Å²) in [6.07, 6.45) is 1.56. The molecule has 1 aromatic heterocycles. The normalized spacial score (nSPS) is 15.0. The topological polar surface area (TPSA) is 69.9 Å². The number of carbonyl (C=O) groups is 1. The lowest BCUT2D eigenvalue weighted by molar-refractivity contribution is -0.143. The van der Waals surface area contributed by atoms with Crippen LogP contribution in [0.15, 0.2) is 112 Å². The van der Waals surface area contributed by atoms with Crippen molar-refractivity contribution >= 4 is 45.8 Å². The second-order valence-electron chi connectivity index (χ2n) is 10.6. The minimum atomic E-state index is -0.668. The van der Waals surface area contributed by atoms with E-state index in [-0.39, 0.29) is 11.7 Å². The fourth-order valence-corrected chi connectivity index (χ4v) is 6.39. The molecule has 0 bridgehead atoms. The molecule has 0 radical (unpaired) electrons. The number of aromatic nitrogens is 1. The summed E-state index contributed by atoms with van der Waals surface area (Å²) in [5.74, 6) is 0.169. The maximum Gasteiger partial charge on any atom is 0.338 e.